The van der Waals surface area contributed by atoms with Crippen molar-refractivity contribution in [1.82, 2.24) is 15.0 Å². The molecule has 15 heavy (non-hydrogen) atoms. The van der Waals surface area contributed by atoms with E-state index in [4.69, 9.17) is 0 Å². The summed E-state index contributed by atoms with van der Waals surface area (Å²) in [4.78, 5) is 12.7. The van der Waals surface area contributed by atoms with Crippen molar-refractivity contribution in [2.45, 2.75) is 6.92 Å². The average Bonchev–Trinajstić information content (AvgIpc) is 2.30. The van der Waals surface area contributed by atoms with Crippen LogP contribution in [0.15, 0.2) is 30.6 Å². The van der Waals surface area contributed by atoms with Crippen molar-refractivity contribution in [3.63, 3.8) is 0 Å². The molecule has 76 valence electrons. The first-order chi connectivity index (χ1) is 7.31. The molecule has 0 saturated heterocycles. The van der Waals surface area contributed by atoms with Crippen LogP contribution < -0.4 is 5.32 Å². The van der Waals surface area contributed by atoms with Gasteiger partial charge in [0.05, 0.1) is 11.4 Å². The Morgan fingerprint density at radius 3 is 2.67 bits per heavy atom. The molecule has 2 heterocycles. The van der Waals surface area contributed by atoms with E-state index < -0.39 is 0 Å². The summed E-state index contributed by atoms with van der Waals surface area (Å²) in [6.45, 7) is 1.95. The molecule has 0 unspecified atom stereocenters. The number of nitrogens with one attached hydrogen (secondary N) is 1. The molecule has 4 nitrogen and oxygen atoms in total. The lowest BCUT2D eigenvalue weighted by atomic mass is 10.1. The fourth-order valence-corrected chi connectivity index (χ4v) is 1.36. The Bertz CT molecular complexity index is 453. The largest absolute Gasteiger partial charge is 0.357 e. The molecule has 0 amide bonds. The van der Waals surface area contributed by atoms with Gasteiger partial charge in [-0.15, -0.1) is 0 Å². The van der Waals surface area contributed by atoms with Crippen LogP contribution >= 0.6 is 0 Å². The summed E-state index contributed by atoms with van der Waals surface area (Å²) < 4.78 is 0. The average molecular weight is 200 g/mol. The van der Waals surface area contributed by atoms with Crippen LogP contribution in [0, 0.1) is 6.92 Å². The molecule has 4 heteroatoms. The Morgan fingerprint density at radius 1 is 1.20 bits per heavy atom. The van der Waals surface area contributed by atoms with Crippen molar-refractivity contribution >= 4 is 5.95 Å². The Hall–Kier alpha value is -1.97. The van der Waals surface area contributed by atoms with Gasteiger partial charge in [-0.2, -0.15) is 0 Å². The number of nitrogens with zero attached hydrogens (tertiary/aromatic N) is 3. The highest BCUT2D eigenvalue weighted by atomic mass is 15.1. The van der Waals surface area contributed by atoms with Crippen molar-refractivity contribution in [3.05, 3.63) is 36.3 Å². The van der Waals surface area contributed by atoms with Crippen LogP contribution in [0.3, 0.4) is 0 Å². The fourth-order valence-electron chi connectivity index (χ4n) is 1.36. The molecule has 0 radical (unpaired) electrons. The van der Waals surface area contributed by atoms with Gasteiger partial charge in [-0.1, -0.05) is 6.07 Å². The molecule has 2 aromatic rings. The van der Waals surface area contributed by atoms with Gasteiger partial charge >= 0.3 is 0 Å². The SMILES string of the molecule is CNc1ncc(-c2ccccn2)c(C)n1. The van der Waals surface area contributed by atoms with Crippen molar-refractivity contribution in [1.29, 1.82) is 0 Å². The third kappa shape index (κ3) is 1.93. The smallest absolute Gasteiger partial charge is 0.222 e. The van der Waals surface area contributed by atoms with Crippen LogP contribution in [-0.4, -0.2) is 22.0 Å². The van der Waals surface area contributed by atoms with E-state index in [1.54, 1.807) is 19.4 Å². The maximum atomic E-state index is 4.31. The second-order valence-corrected chi connectivity index (χ2v) is 3.16. The molecule has 0 atom stereocenters. The Kier molecular flexibility index (Phi) is 2.58. The number of aryl methyl sites for hydroxylation is 1. The number of aromatic nitrogens is 3. The number of hydrogen-bond donors (Lipinski definition) is 1. The van der Waals surface area contributed by atoms with Crippen LogP contribution in [-0.2, 0) is 0 Å². The summed E-state index contributed by atoms with van der Waals surface area (Å²) >= 11 is 0. The maximum absolute atomic E-state index is 4.31. The molecule has 0 aliphatic rings. The van der Waals surface area contributed by atoms with Crippen molar-refractivity contribution < 1.29 is 0 Å². The Morgan fingerprint density at radius 2 is 2.07 bits per heavy atom. The van der Waals surface area contributed by atoms with E-state index >= 15 is 0 Å². The van der Waals surface area contributed by atoms with Gasteiger partial charge in [-0.25, -0.2) is 9.97 Å². The van der Waals surface area contributed by atoms with E-state index in [9.17, 15) is 0 Å². The minimum atomic E-state index is 0.632. The Labute approximate surface area is 88.4 Å². The lowest BCUT2D eigenvalue weighted by molar-refractivity contribution is 1.09. The molecular weight excluding hydrogens is 188 g/mol. The molecule has 0 fully saturated rings. The number of rotatable bonds is 2. The van der Waals surface area contributed by atoms with Gasteiger partial charge in [0.2, 0.25) is 5.95 Å². The third-order valence-corrected chi connectivity index (χ3v) is 2.14. The predicted octanol–water partition coefficient (Wildman–Crippen LogP) is 1.89. The van der Waals surface area contributed by atoms with Crippen LogP contribution in [0.5, 0.6) is 0 Å². The molecule has 0 aromatic carbocycles. The predicted molar refractivity (Wildman–Crippen MR) is 59.5 cm³/mol. The summed E-state index contributed by atoms with van der Waals surface area (Å²) in [5, 5.41) is 2.90. The summed E-state index contributed by atoms with van der Waals surface area (Å²) in [5.41, 5.74) is 2.79. The van der Waals surface area contributed by atoms with Gasteiger partial charge in [-0.3, -0.25) is 4.98 Å². The van der Waals surface area contributed by atoms with Crippen LogP contribution in [0.1, 0.15) is 5.69 Å². The highest BCUT2D eigenvalue weighted by Crippen LogP contribution is 2.18. The monoisotopic (exact) mass is 200 g/mol. The zero-order chi connectivity index (χ0) is 10.7. The molecule has 0 spiro atoms. The first-order valence-electron chi connectivity index (χ1n) is 4.74. The van der Waals surface area contributed by atoms with Gasteiger partial charge in [0.15, 0.2) is 0 Å². The van der Waals surface area contributed by atoms with E-state index in [0.717, 1.165) is 17.0 Å². The van der Waals surface area contributed by atoms with Crippen LogP contribution in [0.4, 0.5) is 5.95 Å². The minimum absolute atomic E-state index is 0.632. The number of anilines is 1. The lowest BCUT2D eigenvalue weighted by Gasteiger charge is -2.05. The topological polar surface area (TPSA) is 50.7 Å². The van der Waals surface area contributed by atoms with Crippen LogP contribution in [0.25, 0.3) is 11.3 Å². The number of pyridine rings is 1. The molecular formula is C11H12N4. The van der Waals surface area contributed by atoms with Gasteiger partial charge in [0.1, 0.15) is 0 Å². The lowest BCUT2D eigenvalue weighted by Crippen LogP contribution is -1.99. The summed E-state index contributed by atoms with van der Waals surface area (Å²) in [7, 11) is 1.80. The first kappa shape index (κ1) is 9.58. The fraction of sp³-hybridized carbons (Fsp3) is 0.182. The molecule has 1 N–H and O–H groups in total. The van der Waals surface area contributed by atoms with Crippen LogP contribution in [0.2, 0.25) is 0 Å². The van der Waals surface area contributed by atoms with Gasteiger partial charge in [0.25, 0.3) is 0 Å². The zero-order valence-corrected chi connectivity index (χ0v) is 8.73. The van der Waals surface area contributed by atoms with Crippen molar-refractivity contribution in [2.75, 3.05) is 12.4 Å². The summed E-state index contributed by atoms with van der Waals surface area (Å²) in [5.74, 6) is 0.632. The van der Waals surface area contributed by atoms with E-state index in [0.29, 0.717) is 5.95 Å². The highest BCUT2D eigenvalue weighted by molar-refractivity contribution is 5.61. The normalized spacial score (nSPS) is 10.0. The van der Waals surface area contributed by atoms with Crippen molar-refractivity contribution in [2.24, 2.45) is 0 Å². The summed E-state index contributed by atoms with van der Waals surface area (Å²) in [6.07, 6.45) is 3.55. The van der Waals surface area contributed by atoms with E-state index in [-0.39, 0.29) is 0 Å². The minimum Gasteiger partial charge on any atom is -0.357 e. The van der Waals surface area contributed by atoms with E-state index in [1.807, 2.05) is 25.1 Å². The number of hydrogen-bond acceptors (Lipinski definition) is 4. The zero-order valence-electron chi connectivity index (χ0n) is 8.73. The standard InChI is InChI=1S/C11H12N4/c1-8-9(7-14-11(12-2)15-8)10-5-3-4-6-13-10/h3-7H,1-2H3,(H,12,14,15). The highest BCUT2D eigenvalue weighted by Gasteiger charge is 2.05. The molecule has 0 aliphatic carbocycles. The summed E-state index contributed by atoms with van der Waals surface area (Å²) in [6, 6.07) is 5.79. The van der Waals surface area contributed by atoms with E-state index in [1.165, 1.54) is 0 Å². The van der Waals surface area contributed by atoms with Gasteiger partial charge < -0.3 is 5.32 Å². The van der Waals surface area contributed by atoms with Gasteiger partial charge in [-0.05, 0) is 19.1 Å². The second kappa shape index (κ2) is 4.04. The molecule has 0 saturated carbocycles. The first-order valence-corrected chi connectivity index (χ1v) is 4.74. The van der Waals surface area contributed by atoms with E-state index in [2.05, 4.69) is 20.3 Å². The molecule has 0 aliphatic heterocycles. The molecule has 2 rings (SSSR count). The Balaban J connectivity index is 2.46. The maximum Gasteiger partial charge on any atom is 0.222 e. The third-order valence-electron chi connectivity index (χ3n) is 2.14. The van der Waals surface area contributed by atoms with Gasteiger partial charge in [0, 0.05) is 25.0 Å². The quantitative estimate of drug-likeness (QED) is 0.804. The second-order valence-electron chi connectivity index (χ2n) is 3.16. The van der Waals surface area contributed by atoms with Crippen molar-refractivity contribution in [3.8, 4) is 11.3 Å². The molecule has 0 bridgehead atoms. The molecule has 2 aromatic heterocycles.